The number of rotatable bonds is 4. The molecule has 0 aliphatic carbocycles. The van der Waals surface area contributed by atoms with E-state index in [4.69, 9.17) is 4.74 Å². The average molecular weight is 455 g/mol. The first-order valence-corrected chi connectivity index (χ1v) is 9.69. The topological polar surface area (TPSA) is 58.6 Å². The summed E-state index contributed by atoms with van der Waals surface area (Å²) < 4.78 is 20.3. The van der Waals surface area contributed by atoms with E-state index >= 15 is 0 Å². The summed E-state index contributed by atoms with van der Waals surface area (Å²) in [6.45, 7) is -0.0480. The normalized spacial score (nSPS) is 12.9. The number of carbonyl (C=O) groups is 2. The van der Waals surface area contributed by atoms with Crippen molar-refractivity contribution >= 4 is 39.1 Å². The van der Waals surface area contributed by atoms with E-state index in [-0.39, 0.29) is 30.8 Å². The van der Waals surface area contributed by atoms with E-state index in [9.17, 15) is 14.0 Å². The molecule has 0 saturated heterocycles. The zero-order valence-corrected chi connectivity index (χ0v) is 16.8. The van der Waals surface area contributed by atoms with Crippen LogP contribution in [0, 0.1) is 5.82 Å². The summed E-state index contributed by atoms with van der Waals surface area (Å²) in [5.41, 5.74) is 1.98. The molecule has 146 valence electrons. The number of hydrogen-bond acceptors (Lipinski definition) is 3. The average Bonchev–Trinajstić information content (AvgIpc) is 2.72. The Balaban J connectivity index is 1.58. The molecule has 4 rings (SSSR count). The first kappa shape index (κ1) is 19.1. The molecule has 3 aromatic rings. The Kier molecular flexibility index (Phi) is 5.31. The summed E-state index contributed by atoms with van der Waals surface area (Å²) in [4.78, 5) is 26.4. The summed E-state index contributed by atoms with van der Waals surface area (Å²) in [7, 11) is 0. The summed E-state index contributed by atoms with van der Waals surface area (Å²) >= 11 is 3.36. The van der Waals surface area contributed by atoms with Crippen LogP contribution in [0.2, 0.25) is 0 Å². The third-order valence-corrected chi connectivity index (χ3v) is 5.26. The lowest BCUT2D eigenvalue weighted by atomic mass is 10.1. The lowest BCUT2D eigenvalue weighted by molar-refractivity contribution is -0.121. The molecule has 29 heavy (non-hydrogen) atoms. The fourth-order valence-corrected chi connectivity index (χ4v) is 3.56. The van der Waals surface area contributed by atoms with E-state index in [1.807, 2.05) is 6.07 Å². The number of fused-ring (bicyclic) bond motifs is 1. The Morgan fingerprint density at radius 1 is 1.10 bits per heavy atom. The predicted molar refractivity (Wildman–Crippen MR) is 112 cm³/mol. The number of carbonyl (C=O) groups excluding carboxylic acids is 2. The van der Waals surface area contributed by atoms with Crippen molar-refractivity contribution in [2.24, 2.45) is 0 Å². The van der Waals surface area contributed by atoms with Crippen molar-refractivity contribution in [1.82, 2.24) is 0 Å². The Hall–Kier alpha value is -3.19. The van der Waals surface area contributed by atoms with Gasteiger partial charge >= 0.3 is 0 Å². The second-order valence-electron chi connectivity index (χ2n) is 6.48. The van der Waals surface area contributed by atoms with E-state index in [1.165, 1.54) is 11.0 Å². The number of amides is 2. The first-order chi connectivity index (χ1) is 14.0. The Morgan fingerprint density at radius 2 is 1.86 bits per heavy atom. The number of nitrogens with zero attached hydrogens (tertiary/aromatic N) is 1. The van der Waals surface area contributed by atoms with Crippen LogP contribution in [0.1, 0.15) is 15.9 Å². The zero-order valence-electron chi connectivity index (χ0n) is 15.2. The molecule has 0 radical (unpaired) electrons. The van der Waals surface area contributed by atoms with Gasteiger partial charge in [-0.15, -0.1) is 0 Å². The number of halogens is 2. The standard InChI is InChI=1S/C22H16BrFN2O3/c23-17-7-3-2-6-16(17)22(28)25-15-9-10-19-20(11-15)29-13-21(27)26(19)12-14-5-1-4-8-18(14)24/h1-11H,12-13H2,(H,25,28). The lowest BCUT2D eigenvalue weighted by Crippen LogP contribution is -2.38. The van der Waals surface area contributed by atoms with Crippen LogP contribution in [-0.2, 0) is 11.3 Å². The molecule has 1 aliphatic rings. The van der Waals surface area contributed by atoms with Gasteiger partial charge in [0.25, 0.3) is 11.8 Å². The summed E-state index contributed by atoms with van der Waals surface area (Å²) in [6, 6.07) is 18.5. The second-order valence-corrected chi connectivity index (χ2v) is 7.33. The molecule has 0 saturated carbocycles. The van der Waals surface area contributed by atoms with Gasteiger partial charge in [-0.1, -0.05) is 30.3 Å². The van der Waals surface area contributed by atoms with E-state index < -0.39 is 0 Å². The van der Waals surface area contributed by atoms with Crippen LogP contribution in [0.15, 0.2) is 71.2 Å². The molecule has 5 nitrogen and oxygen atoms in total. The van der Waals surface area contributed by atoms with Gasteiger partial charge in [-0.25, -0.2) is 4.39 Å². The summed E-state index contributed by atoms with van der Waals surface area (Å²) in [5.74, 6) is -0.449. The number of hydrogen-bond donors (Lipinski definition) is 1. The molecule has 0 spiro atoms. The molecular formula is C22H16BrFN2O3. The molecule has 1 N–H and O–H groups in total. The van der Waals surface area contributed by atoms with Crippen LogP contribution in [-0.4, -0.2) is 18.4 Å². The second kappa shape index (κ2) is 8.05. The highest BCUT2D eigenvalue weighted by Gasteiger charge is 2.27. The van der Waals surface area contributed by atoms with Crippen molar-refractivity contribution in [1.29, 1.82) is 0 Å². The smallest absolute Gasteiger partial charge is 0.265 e. The Labute approximate surface area is 175 Å². The quantitative estimate of drug-likeness (QED) is 0.617. The maximum absolute atomic E-state index is 14.0. The van der Waals surface area contributed by atoms with Crippen LogP contribution >= 0.6 is 15.9 Å². The number of benzene rings is 3. The van der Waals surface area contributed by atoms with Crippen molar-refractivity contribution in [2.45, 2.75) is 6.54 Å². The molecule has 7 heteroatoms. The minimum atomic E-state index is -0.370. The largest absolute Gasteiger partial charge is 0.481 e. The highest BCUT2D eigenvalue weighted by molar-refractivity contribution is 9.10. The SMILES string of the molecule is O=C(Nc1ccc2c(c1)OCC(=O)N2Cc1ccccc1F)c1ccccc1Br. The van der Waals surface area contributed by atoms with E-state index in [1.54, 1.807) is 54.6 Å². The van der Waals surface area contributed by atoms with Gasteiger partial charge < -0.3 is 15.0 Å². The Morgan fingerprint density at radius 3 is 2.66 bits per heavy atom. The number of nitrogens with one attached hydrogen (secondary N) is 1. The molecule has 2 amide bonds. The number of anilines is 2. The fourth-order valence-electron chi connectivity index (χ4n) is 3.10. The Bertz CT molecular complexity index is 1100. The van der Waals surface area contributed by atoms with Gasteiger partial charge in [0, 0.05) is 21.8 Å². The van der Waals surface area contributed by atoms with Gasteiger partial charge in [0.05, 0.1) is 17.8 Å². The van der Waals surface area contributed by atoms with Crippen molar-refractivity contribution in [3.8, 4) is 5.75 Å². The minimum Gasteiger partial charge on any atom is -0.481 e. The molecule has 1 aliphatic heterocycles. The van der Waals surface area contributed by atoms with Gasteiger partial charge in [0.15, 0.2) is 6.61 Å². The van der Waals surface area contributed by atoms with Crippen molar-refractivity contribution in [3.63, 3.8) is 0 Å². The molecule has 3 aromatic carbocycles. The van der Waals surface area contributed by atoms with Crippen molar-refractivity contribution in [3.05, 3.63) is 88.1 Å². The van der Waals surface area contributed by atoms with E-state index in [0.717, 1.165) is 0 Å². The molecule has 0 atom stereocenters. The zero-order chi connectivity index (χ0) is 20.4. The molecule has 0 unspecified atom stereocenters. The molecular weight excluding hydrogens is 439 g/mol. The first-order valence-electron chi connectivity index (χ1n) is 8.89. The predicted octanol–water partition coefficient (Wildman–Crippen LogP) is 4.77. The van der Waals surface area contributed by atoms with Crippen LogP contribution in [0.25, 0.3) is 0 Å². The van der Waals surface area contributed by atoms with Crippen LogP contribution in [0.5, 0.6) is 5.75 Å². The minimum absolute atomic E-state index is 0.102. The van der Waals surface area contributed by atoms with Crippen molar-refractivity contribution < 1.29 is 18.7 Å². The summed E-state index contributed by atoms with van der Waals surface area (Å²) in [6.07, 6.45) is 0. The van der Waals surface area contributed by atoms with E-state index in [2.05, 4.69) is 21.2 Å². The van der Waals surface area contributed by atoms with Crippen LogP contribution in [0.4, 0.5) is 15.8 Å². The van der Waals surface area contributed by atoms with Gasteiger partial charge in [0.2, 0.25) is 0 Å². The molecule has 0 fully saturated rings. The highest BCUT2D eigenvalue weighted by Crippen LogP contribution is 2.36. The maximum atomic E-state index is 14.0. The summed E-state index contributed by atoms with van der Waals surface area (Å²) in [5, 5.41) is 2.82. The maximum Gasteiger partial charge on any atom is 0.265 e. The van der Waals surface area contributed by atoms with Gasteiger partial charge in [-0.3, -0.25) is 9.59 Å². The lowest BCUT2D eigenvalue weighted by Gasteiger charge is -2.30. The highest BCUT2D eigenvalue weighted by atomic mass is 79.9. The van der Waals surface area contributed by atoms with Gasteiger partial charge in [-0.2, -0.15) is 0 Å². The van der Waals surface area contributed by atoms with Crippen LogP contribution < -0.4 is 15.0 Å². The fraction of sp³-hybridized carbons (Fsp3) is 0.0909. The van der Waals surface area contributed by atoms with Crippen molar-refractivity contribution in [2.75, 3.05) is 16.8 Å². The molecule has 1 heterocycles. The van der Waals surface area contributed by atoms with Gasteiger partial charge in [-0.05, 0) is 46.3 Å². The molecule has 0 bridgehead atoms. The van der Waals surface area contributed by atoms with Crippen LogP contribution in [0.3, 0.4) is 0 Å². The monoisotopic (exact) mass is 454 g/mol. The van der Waals surface area contributed by atoms with Gasteiger partial charge in [0.1, 0.15) is 11.6 Å². The third kappa shape index (κ3) is 4.00. The molecule has 0 aromatic heterocycles. The number of ether oxygens (including phenoxy) is 1. The third-order valence-electron chi connectivity index (χ3n) is 4.57. The van der Waals surface area contributed by atoms with E-state index in [0.29, 0.717) is 32.7 Å².